The molecular formula is C22H24N2O6. The van der Waals surface area contributed by atoms with Gasteiger partial charge < -0.3 is 19.7 Å². The summed E-state index contributed by atoms with van der Waals surface area (Å²) in [6, 6.07) is 12.2. The van der Waals surface area contributed by atoms with Gasteiger partial charge in [-0.25, -0.2) is 9.59 Å². The van der Waals surface area contributed by atoms with E-state index in [0.29, 0.717) is 29.9 Å². The molecule has 0 spiro atoms. The van der Waals surface area contributed by atoms with Gasteiger partial charge in [-0.05, 0) is 62.4 Å². The number of ether oxygens (including phenoxy) is 2. The number of benzene rings is 2. The number of nitrogens with one attached hydrogen (secondary N) is 1. The topological polar surface area (TPSA) is 102 Å². The summed E-state index contributed by atoms with van der Waals surface area (Å²) in [5, 5.41) is 2.60. The molecule has 8 heteroatoms. The van der Waals surface area contributed by atoms with Gasteiger partial charge in [0.2, 0.25) is 0 Å². The maximum absolute atomic E-state index is 12.3. The zero-order valence-corrected chi connectivity index (χ0v) is 17.1. The Morgan fingerprint density at radius 3 is 1.80 bits per heavy atom. The minimum atomic E-state index is -0.693. The highest BCUT2D eigenvalue weighted by molar-refractivity contribution is 5.97. The van der Waals surface area contributed by atoms with Gasteiger partial charge in [-0.15, -0.1) is 0 Å². The van der Waals surface area contributed by atoms with Crippen molar-refractivity contribution in [2.45, 2.75) is 13.8 Å². The molecule has 0 radical (unpaired) electrons. The molecule has 0 aliphatic heterocycles. The predicted octanol–water partition coefficient (Wildman–Crippen LogP) is 2.75. The van der Waals surface area contributed by atoms with E-state index < -0.39 is 24.5 Å². The molecule has 2 amide bonds. The smallest absolute Gasteiger partial charge is 0.338 e. The highest BCUT2D eigenvalue weighted by Gasteiger charge is 2.14. The number of carbonyl (C=O) groups is 4. The minimum Gasteiger partial charge on any atom is -0.465 e. The Morgan fingerprint density at radius 2 is 1.30 bits per heavy atom. The third-order valence-electron chi connectivity index (χ3n) is 4.34. The van der Waals surface area contributed by atoms with Gasteiger partial charge in [-0.3, -0.25) is 9.59 Å². The average Bonchev–Trinajstić information content (AvgIpc) is 2.78. The number of anilines is 1. The number of carbonyl (C=O) groups excluding carboxylic acids is 4. The van der Waals surface area contributed by atoms with E-state index in [1.807, 2.05) is 13.8 Å². The van der Waals surface area contributed by atoms with E-state index in [1.54, 1.807) is 29.2 Å². The molecule has 0 aliphatic carbocycles. The van der Waals surface area contributed by atoms with E-state index >= 15 is 0 Å². The summed E-state index contributed by atoms with van der Waals surface area (Å²) >= 11 is 0. The van der Waals surface area contributed by atoms with Crippen molar-refractivity contribution in [2.24, 2.45) is 0 Å². The van der Waals surface area contributed by atoms with Gasteiger partial charge in [-0.2, -0.15) is 0 Å². The number of rotatable bonds is 8. The van der Waals surface area contributed by atoms with E-state index in [0.717, 1.165) is 0 Å². The second kappa shape index (κ2) is 10.8. The summed E-state index contributed by atoms with van der Waals surface area (Å²) in [6.07, 6.45) is 0. The van der Waals surface area contributed by atoms with Gasteiger partial charge in [0.05, 0.1) is 18.2 Å². The first-order valence-electron chi connectivity index (χ1n) is 9.44. The van der Waals surface area contributed by atoms with Gasteiger partial charge >= 0.3 is 11.9 Å². The Labute approximate surface area is 174 Å². The molecule has 0 saturated heterocycles. The van der Waals surface area contributed by atoms with Crippen molar-refractivity contribution in [3.63, 3.8) is 0 Å². The lowest BCUT2D eigenvalue weighted by Gasteiger charge is -2.18. The summed E-state index contributed by atoms with van der Waals surface area (Å²) in [7, 11) is 1.26. The standard InChI is InChI=1S/C22H24N2O6/c1-4-24(5-2)20(26)15-10-12-18(13-11-15)23-19(25)14-30-22(28)17-8-6-16(7-9-17)21(27)29-3/h6-13H,4-5,14H2,1-3H3,(H,23,25). The molecule has 0 aliphatic rings. The largest absolute Gasteiger partial charge is 0.465 e. The van der Waals surface area contributed by atoms with Gasteiger partial charge in [0, 0.05) is 24.3 Å². The van der Waals surface area contributed by atoms with Crippen LogP contribution in [-0.4, -0.2) is 55.5 Å². The van der Waals surface area contributed by atoms with Gasteiger partial charge in [0.15, 0.2) is 6.61 Å². The van der Waals surface area contributed by atoms with Crippen LogP contribution in [0.15, 0.2) is 48.5 Å². The van der Waals surface area contributed by atoms with E-state index in [2.05, 4.69) is 10.1 Å². The number of hydrogen-bond donors (Lipinski definition) is 1. The van der Waals surface area contributed by atoms with Crippen LogP contribution in [0.5, 0.6) is 0 Å². The molecule has 0 aromatic heterocycles. The first-order chi connectivity index (χ1) is 14.4. The minimum absolute atomic E-state index is 0.0787. The molecule has 2 aromatic carbocycles. The molecule has 0 bridgehead atoms. The number of amides is 2. The van der Waals surface area contributed by atoms with Gasteiger partial charge in [0.1, 0.15) is 0 Å². The van der Waals surface area contributed by atoms with E-state index in [-0.39, 0.29) is 11.5 Å². The van der Waals surface area contributed by atoms with Crippen molar-refractivity contribution < 1.29 is 28.7 Å². The summed E-state index contributed by atoms with van der Waals surface area (Å²) in [6.45, 7) is 4.57. The third kappa shape index (κ3) is 5.91. The molecule has 8 nitrogen and oxygen atoms in total. The molecule has 0 heterocycles. The Kier molecular flexibility index (Phi) is 8.10. The maximum Gasteiger partial charge on any atom is 0.338 e. The SMILES string of the molecule is CCN(CC)C(=O)c1ccc(NC(=O)COC(=O)c2ccc(C(=O)OC)cc2)cc1. The van der Waals surface area contributed by atoms with E-state index in [1.165, 1.54) is 31.4 Å². The van der Waals surface area contributed by atoms with Crippen LogP contribution in [0.2, 0.25) is 0 Å². The molecule has 0 fully saturated rings. The first-order valence-corrected chi connectivity index (χ1v) is 9.44. The quantitative estimate of drug-likeness (QED) is 0.669. The van der Waals surface area contributed by atoms with Crippen LogP contribution in [0.25, 0.3) is 0 Å². The summed E-state index contributed by atoms with van der Waals surface area (Å²) in [5.74, 6) is -1.80. The fourth-order valence-corrected chi connectivity index (χ4v) is 2.66. The molecule has 158 valence electrons. The molecule has 30 heavy (non-hydrogen) atoms. The van der Waals surface area contributed by atoms with Crippen molar-refractivity contribution in [3.05, 3.63) is 65.2 Å². The van der Waals surface area contributed by atoms with Crippen LogP contribution in [0, 0.1) is 0 Å². The van der Waals surface area contributed by atoms with Crippen LogP contribution in [0.4, 0.5) is 5.69 Å². The zero-order chi connectivity index (χ0) is 22.1. The average molecular weight is 412 g/mol. The Bertz CT molecular complexity index is 902. The van der Waals surface area contributed by atoms with Gasteiger partial charge in [-0.1, -0.05) is 0 Å². The highest BCUT2D eigenvalue weighted by Crippen LogP contribution is 2.12. The Morgan fingerprint density at radius 1 is 0.800 bits per heavy atom. The van der Waals surface area contributed by atoms with Crippen molar-refractivity contribution in [1.82, 2.24) is 4.90 Å². The summed E-state index contributed by atoms with van der Waals surface area (Å²) in [5.41, 5.74) is 1.51. The van der Waals surface area contributed by atoms with Crippen LogP contribution in [0.1, 0.15) is 44.9 Å². The number of methoxy groups -OCH3 is 1. The normalized spacial score (nSPS) is 10.1. The summed E-state index contributed by atoms with van der Waals surface area (Å²) < 4.78 is 9.57. The molecule has 2 rings (SSSR count). The van der Waals surface area contributed by atoms with E-state index in [9.17, 15) is 19.2 Å². The predicted molar refractivity (Wildman–Crippen MR) is 110 cm³/mol. The van der Waals surface area contributed by atoms with Crippen LogP contribution in [0.3, 0.4) is 0 Å². The number of nitrogens with zero attached hydrogens (tertiary/aromatic N) is 1. The van der Waals surface area contributed by atoms with Crippen LogP contribution < -0.4 is 5.32 Å². The Hall–Kier alpha value is -3.68. The van der Waals surface area contributed by atoms with Crippen molar-refractivity contribution in [3.8, 4) is 0 Å². The fraction of sp³-hybridized carbons (Fsp3) is 0.273. The first kappa shape index (κ1) is 22.6. The van der Waals surface area contributed by atoms with Crippen molar-refractivity contribution in [2.75, 3.05) is 32.1 Å². The maximum atomic E-state index is 12.3. The Balaban J connectivity index is 1.87. The lowest BCUT2D eigenvalue weighted by molar-refractivity contribution is -0.119. The molecule has 1 N–H and O–H groups in total. The molecular weight excluding hydrogens is 388 g/mol. The fourth-order valence-electron chi connectivity index (χ4n) is 2.66. The number of esters is 2. The lowest BCUT2D eigenvalue weighted by atomic mass is 10.1. The van der Waals surface area contributed by atoms with E-state index in [4.69, 9.17) is 4.74 Å². The highest BCUT2D eigenvalue weighted by atomic mass is 16.5. The van der Waals surface area contributed by atoms with Crippen LogP contribution >= 0.6 is 0 Å². The van der Waals surface area contributed by atoms with Crippen molar-refractivity contribution in [1.29, 1.82) is 0 Å². The lowest BCUT2D eigenvalue weighted by Crippen LogP contribution is -2.30. The molecule has 0 atom stereocenters. The van der Waals surface area contributed by atoms with Crippen molar-refractivity contribution >= 4 is 29.4 Å². The number of hydrogen-bond acceptors (Lipinski definition) is 6. The van der Waals surface area contributed by atoms with Gasteiger partial charge in [0.25, 0.3) is 11.8 Å². The molecule has 0 saturated carbocycles. The third-order valence-corrected chi connectivity index (χ3v) is 4.34. The zero-order valence-electron chi connectivity index (χ0n) is 17.1. The second-order valence-corrected chi connectivity index (χ2v) is 6.25. The van der Waals surface area contributed by atoms with Crippen LogP contribution in [-0.2, 0) is 14.3 Å². The summed E-state index contributed by atoms with van der Waals surface area (Å²) in [4.78, 5) is 49.4. The molecule has 2 aromatic rings. The second-order valence-electron chi connectivity index (χ2n) is 6.25. The molecule has 0 unspecified atom stereocenters. The monoisotopic (exact) mass is 412 g/mol.